The molecule has 4 N–H and O–H groups in total. The van der Waals surface area contributed by atoms with Crippen molar-refractivity contribution in [2.24, 2.45) is 5.92 Å². The van der Waals surface area contributed by atoms with Crippen LogP contribution in [-0.2, 0) is 74.9 Å². The number of aryl methyl sites for hydroxylation is 1. The summed E-state index contributed by atoms with van der Waals surface area (Å²) in [6, 6.07) is 4.66. The number of fused-ring (bicyclic) bond motifs is 4. The molecule has 2 aliphatic rings. The third-order valence-corrected chi connectivity index (χ3v) is 15.4. The van der Waals surface area contributed by atoms with Gasteiger partial charge in [0.2, 0.25) is 22.7 Å². The average Bonchev–Trinajstić information content (AvgIpc) is 3.92. The van der Waals surface area contributed by atoms with Crippen LogP contribution < -0.4 is 14.9 Å². The Balaban J connectivity index is 1.44. The molecule has 0 fully saturated rings. The minimum atomic E-state index is -5.33. The van der Waals surface area contributed by atoms with Crippen LogP contribution >= 0.6 is 7.82 Å². The van der Waals surface area contributed by atoms with Gasteiger partial charge in [-0.25, -0.2) is 44.5 Å². The van der Waals surface area contributed by atoms with Crippen LogP contribution in [0.15, 0.2) is 42.5 Å². The van der Waals surface area contributed by atoms with Gasteiger partial charge >= 0.3 is 32.2 Å². The van der Waals surface area contributed by atoms with Crippen LogP contribution in [-0.4, -0.2) is 106 Å². The summed E-state index contributed by atoms with van der Waals surface area (Å²) >= 11 is 0. The molecule has 0 unspecified atom stereocenters. The molecule has 3 aromatic heterocycles. The smallest absolute Gasteiger partial charge is 0.422 e. The lowest BCUT2D eigenvalue weighted by Gasteiger charge is -2.24. The number of nitrogens with zero attached hydrogens (tertiary/aromatic N) is 6. The topological polar surface area (TPSA) is 271 Å². The fourth-order valence-corrected chi connectivity index (χ4v) is 9.57. The number of ether oxygens (including phenoxy) is 1. The first-order valence-electron chi connectivity index (χ1n) is 22.0. The van der Waals surface area contributed by atoms with Crippen molar-refractivity contribution in [1.29, 1.82) is 0 Å². The second-order valence-electron chi connectivity index (χ2n) is 18.1. The maximum Gasteiger partial charge on any atom is 0.472 e. The van der Waals surface area contributed by atoms with E-state index in [-0.39, 0.29) is 36.1 Å². The molecule has 0 aliphatic heterocycles. The number of alkyl halides is 8. The summed E-state index contributed by atoms with van der Waals surface area (Å²) in [7, 11) is -14.1. The van der Waals surface area contributed by atoms with Crippen LogP contribution in [0.3, 0.4) is 0 Å². The third-order valence-electron chi connectivity index (χ3n) is 11.9. The number of benzene rings is 2. The Bertz CT molecular complexity index is 3710. The van der Waals surface area contributed by atoms with E-state index in [2.05, 4.69) is 53.4 Å². The van der Waals surface area contributed by atoms with Gasteiger partial charge in [-0.15, -0.1) is 0 Å². The maximum absolute atomic E-state index is 15.8. The van der Waals surface area contributed by atoms with E-state index in [1.54, 1.807) is 5.32 Å². The molecule has 3 heterocycles. The van der Waals surface area contributed by atoms with E-state index in [1.807, 2.05) is 0 Å². The van der Waals surface area contributed by atoms with E-state index in [0.717, 1.165) is 36.6 Å². The molecule has 0 spiro atoms. The number of carbonyl (C=O) groups is 3. The number of anilines is 1. The van der Waals surface area contributed by atoms with Crippen LogP contribution in [0.5, 0.6) is 0 Å². The van der Waals surface area contributed by atoms with Gasteiger partial charge in [-0.05, 0) is 68.5 Å². The number of sulfone groups is 1. The van der Waals surface area contributed by atoms with Crippen LogP contribution in [0.25, 0.3) is 22.0 Å². The standard InChI is InChI=1S/C45H39F10N8O12PS2/c1-22-6-8-28(37-34(22)40(60-62(37)20-43(48,49)50)63(78(5,72)73)33(65)18-56-41(66)74-21-75-76(67,68)69)27-9-7-26(12-13-42(2,3)77(4,70)71)57-36(27)31(16-23-14-24(46)17-25(47)15-23)58-32(64)19-61-39-35(38(59-61)45(53,54)55)29-10-11-30(29)44(39,51)52/h6-9,14-15,17,29-31H,16,18-21H2,1-5H3,(H,56,66)(H,58,64)(H2,67,68,69)/t29-,30+,31-/m0/s1. The lowest BCUT2D eigenvalue weighted by molar-refractivity contribution is -0.143. The number of pyridine rings is 1. The fraction of sp³-hybridized carbons (Fsp3) is 0.378. The molecule has 78 heavy (non-hydrogen) atoms. The van der Waals surface area contributed by atoms with Crippen LogP contribution in [0.4, 0.5) is 54.5 Å². The summed E-state index contributed by atoms with van der Waals surface area (Å²) in [5.74, 6) is -4.56. The summed E-state index contributed by atoms with van der Waals surface area (Å²) in [6.45, 7) is -2.47. The zero-order chi connectivity index (χ0) is 58.0. The molecule has 0 saturated carbocycles. The number of nitrogens with one attached hydrogen (secondary N) is 2. The first kappa shape index (κ1) is 58.6. The lowest BCUT2D eigenvalue weighted by atomic mass is 9.84. The Labute approximate surface area is 434 Å². The molecule has 33 heteroatoms. The van der Waals surface area contributed by atoms with Crippen LogP contribution in [0.2, 0.25) is 0 Å². The third kappa shape index (κ3) is 12.4. The highest BCUT2D eigenvalue weighted by Gasteiger charge is 2.62. The highest BCUT2D eigenvalue weighted by Crippen LogP contribution is 2.58. The maximum atomic E-state index is 15.8. The molecular formula is C45H39F10N8O12PS2. The number of halogens is 10. The van der Waals surface area contributed by atoms with E-state index in [4.69, 9.17) is 9.79 Å². The summed E-state index contributed by atoms with van der Waals surface area (Å²) in [5.41, 5.74) is -6.69. The summed E-state index contributed by atoms with van der Waals surface area (Å²) in [5, 5.41) is 10.9. The van der Waals surface area contributed by atoms with Gasteiger partial charge in [0, 0.05) is 34.4 Å². The second kappa shape index (κ2) is 20.6. The van der Waals surface area contributed by atoms with Crippen molar-refractivity contribution in [1.82, 2.24) is 35.2 Å². The number of alkyl carbamates (subject to hydrolysis) is 1. The van der Waals surface area contributed by atoms with E-state index in [9.17, 15) is 70.9 Å². The van der Waals surface area contributed by atoms with Crippen molar-refractivity contribution < 1.29 is 98.7 Å². The van der Waals surface area contributed by atoms with Gasteiger partial charge in [-0.2, -0.15) is 49.6 Å². The zero-order valence-corrected chi connectivity index (χ0v) is 43.0. The zero-order valence-electron chi connectivity index (χ0n) is 40.5. The molecule has 0 bridgehead atoms. The van der Waals surface area contributed by atoms with E-state index in [1.165, 1.54) is 26.8 Å². The number of amides is 3. The monoisotopic (exact) mass is 1170 g/mol. The van der Waals surface area contributed by atoms with Gasteiger partial charge in [0.05, 0.1) is 29.4 Å². The Kier molecular flexibility index (Phi) is 15.5. The van der Waals surface area contributed by atoms with Crippen molar-refractivity contribution in [2.45, 2.75) is 75.3 Å². The largest absolute Gasteiger partial charge is 0.472 e. The number of phosphoric ester groups is 1. The van der Waals surface area contributed by atoms with Gasteiger partial charge in [-0.3, -0.25) is 19.0 Å². The molecule has 3 amide bonds. The van der Waals surface area contributed by atoms with Crippen LogP contribution in [0.1, 0.15) is 65.3 Å². The Morgan fingerprint density at radius 1 is 0.949 bits per heavy atom. The fourth-order valence-electron chi connectivity index (χ4n) is 8.26. The number of carbonyl (C=O) groups excluding carboxylic acids is 3. The Hall–Kier alpha value is -7.09. The molecule has 2 aromatic carbocycles. The average molecular weight is 1170 g/mol. The van der Waals surface area contributed by atoms with E-state index < -0.39 is 176 Å². The van der Waals surface area contributed by atoms with Crippen molar-refractivity contribution in [3.63, 3.8) is 0 Å². The predicted octanol–water partition coefficient (Wildman–Crippen LogP) is 5.65. The van der Waals surface area contributed by atoms with Crippen molar-refractivity contribution in [3.8, 4) is 34.8 Å². The Morgan fingerprint density at radius 3 is 2.15 bits per heavy atom. The Morgan fingerprint density at radius 2 is 1.59 bits per heavy atom. The molecule has 5 aromatic rings. The van der Waals surface area contributed by atoms with Crippen LogP contribution in [0, 0.1) is 48.2 Å². The van der Waals surface area contributed by atoms with Crippen molar-refractivity contribution in [3.05, 3.63) is 93.6 Å². The highest BCUT2D eigenvalue weighted by molar-refractivity contribution is 7.93. The highest BCUT2D eigenvalue weighted by atomic mass is 32.2. The number of hydrogen-bond donors (Lipinski definition) is 4. The van der Waals surface area contributed by atoms with E-state index >= 15 is 8.78 Å². The second-order valence-corrected chi connectivity index (χ2v) is 23.7. The molecule has 2 aliphatic carbocycles. The number of rotatable bonds is 16. The molecule has 0 radical (unpaired) electrons. The number of hydrogen-bond acceptors (Lipinski definition) is 13. The summed E-state index contributed by atoms with van der Waals surface area (Å²) in [4.78, 5) is 62.4. The summed E-state index contributed by atoms with van der Waals surface area (Å²) < 4.78 is 218. The first-order valence-corrected chi connectivity index (χ1v) is 27.3. The molecular weight excluding hydrogens is 1130 g/mol. The summed E-state index contributed by atoms with van der Waals surface area (Å²) in [6.07, 6.45) is -11.6. The number of sulfonamides is 1. The minimum absolute atomic E-state index is 0.0821. The number of phosphoric acid groups is 1. The SMILES string of the molecule is Cc1ccc(-c2ccc(C#CC(C)(C)S(C)(=O)=O)nc2[C@H](Cc2cc(F)cc(F)c2)NC(=O)Cn2nc(C(F)(F)F)c3c2C(F)(F)[C@@H]2C#C[C@H]32)c2c1c(N(C(=O)CNC(=O)OCOP(=O)(O)O)S(C)(=O)=O)nn2CC(F)(F)F. The first-order chi connectivity index (χ1) is 35.8. The van der Waals surface area contributed by atoms with Crippen molar-refractivity contribution >= 4 is 62.3 Å². The minimum Gasteiger partial charge on any atom is -0.422 e. The molecule has 3 atom stereocenters. The van der Waals surface area contributed by atoms with Crippen molar-refractivity contribution in [2.75, 3.05) is 30.2 Å². The molecule has 418 valence electrons. The lowest BCUT2D eigenvalue weighted by Crippen LogP contribution is -2.43. The van der Waals surface area contributed by atoms with Gasteiger partial charge in [0.15, 0.2) is 21.3 Å². The van der Waals surface area contributed by atoms with Gasteiger partial charge in [-0.1, -0.05) is 29.9 Å². The quantitative estimate of drug-likeness (QED) is 0.0403. The molecule has 20 nitrogen and oxygen atoms in total. The predicted molar refractivity (Wildman–Crippen MR) is 250 cm³/mol. The number of aromatic nitrogens is 5. The van der Waals surface area contributed by atoms with E-state index in [0.29, 0.717) is 12.3 Å². The van der Waals surface area contributed by atoms with Gasteiger partial charge < -0.3 is 25.2 Å². The van der Waals surface area contributed by atoms with Gasteiger partial charge in [0.25, 0.3) is 5.91 Å². The molecule has 7 rings (SSSR count). The normalized spacial score (nSPS) is 16.4. The molecule has 0 saturated heterocycles. The van der Waals surface area contributed by atoms with Gasteiger partial charge in [0.1, 0.15) is 53.3 Å².